The number of carbonyl (C=O) groups is 1. The van der Waals surface area contributed by atoms with Crippen molar-refractivity contribution in [2.45, 2.75) is 40.5 Å². The average Bonchev–Trinajstić information content (AvgIpc) is 2.05. The van der Waals surface area contributed by atoms with Crippen LogP contribution in [0.2, 0.25) is 0 Å². The summed E-state index contributed by atoms with van der Waals surface area (Å²) in [5, 5.41) is 0. The molecule has 0 spiro atoms. The van der Waals surface area contributed by atoms with Gasteiger partial charge in [0.05, 0.1) is 13.0 Å². The molecule has 1 unspecified atom stereocenters. The third-order valence-electron chi connectivity index (χ3n) is 2.75. The maximum absolute atomic E-state index is 11.3. The molecule has 12 heavy (non-hydrogen) atoms. The van der Waals surface area contributed by atoms with Crippen molar-refractivity contribution in [1.29, 1.82) is 0 Å². The van der Waals surface area contributed by atoms with Gasteiger partial charge in [0.15, 0.2) is 0 Å². The van der Waals surface area contributed by atoms with Crippen molar-refractivity contribution in [1.82, 2.24) is 0 Å². The number of esters is 1. The summed E-state index contributed by atoms with van der Waals surface area (Å²) < 4.78 is 4.75. The zero-order chi connectivity index (χ0) is 9.78. The van der Waals surface area contributed by atoms with E-state index < -0.39 is 0 Å². The van der Waals surface area contributed by atoms with Gasteiger partial charge in [0.1, 0.15) is 0 Å². The third kappa shape index (κ3) is 2.50. The maximum atomic E-state index is 11.3. The fourth-order valence-corrected chi connectivity index (χ4v) is 1.43. The molecule has 0 aliphatic carbocycles. The lowest BCUT2D eigenvalue weighted by Crippen LogP contribution is -2.30. The molecule has 2 nitrogen and oxygen atoms in total. The molecule has 0 saturated carbocycles. The highest BCUT2D eigenvalue weighted by atomic mass is 16.5. The van der Waals surface area contributed by atoms with E-state index in [1.807, 2.05) is 6.92 Å². The van der Waals surface area contributed by atoms with E-state index >= 15 is 0 Å². The molecule has 2 heteroatoms. The molecule has 0 N–H and O–H groups in total. The van der Waals surface area contributed by atoms with Crippen LogP contribution in [0.1, 0.15) is 40.5 Å². The van der Waals surface area contributed by atoms with Crippen LogP contribution in [0.5, 0.6) is 0 Å². The van der Waals surface area contributed by atoms with Gasteiger partial charge >= 0.3 is 5.97 Å². The van der Waals surface area contributed by atoms with Crippen LogP contribution in [0, 0.1) is 11.3 Å². The van der Waals surface area contributed by atoms with E-state index in [-0.39, 0.29) is 17.3 Å². The Bertz CT molecular complexity index is 150. The summed E-state index contributed by atoms with van der Waals surface area (Å²) in [6, 6.07) is 0. The molecule has 0 rings (SSSR count). The molecule has 0 saturated heterocycles. The highest BCUT2D eigenvalue weighted by Crippen LogP contribution is 2.33. The molecule has 0 heterocycles. The van der Waals surface area contributed by atoms with E-state index in [4.69, 9.17) is 4.74 Å². The number of ether oxygens (including phenoxy) is 1. The molecular formula is C10H20O2. The molecule has 0 aliphatic rings. The summed E-state index contributed by atoms with van der Waals surface area (Å²) in [6.07, 6.45) is 1.86. The summed E-state index contributed by atoms with van der Waals surface area (Å²) in [4.78, 5) is 11.3. The number of rotatable bonds is 4. The Morgan fingerprint density at radius 3 is 2.17 bits per heavy atom. The summed E-state index contributed by atoms with van der Waals surface area (Å²) in [5.41, 5.74) is 0.0574. The highest BCUT2D eigenvalue weighted by molar-refractivity contribution is 5.73. The molecule has 0 aliphatic heterocycles. The zero-order valence-electron chi connectivity index (χ0n) is 8.81. The van der Waals surface area contributed by atoms with Crippen molar-refractivity contribution in [2.24, 2.45) is 11.3 Å². The first-order chi connectivity index (χ1) is 5.49. The Hall–Kier alpha value is -0.530. The molecule has 0 amide bonds. The lowest BCUT2D eigenvalue weighted by molar-refractivity contribution is -0.149. The van der Waals surface area contributed by atoms with Crippen LogP contribution in [-0.4, -0.2) is 13.1 Å². The van der Waals surface area contributed by atoms with Crippen molar-refractivity contribution in [3.63, 3.8) is 0 Å². The Morgan fingerprint density at radius 1 is 1.42 bits per heavy atom. The average molecular weight is 172 g/mol. The van der Waals surface area contributed by atoms with Crippen molar-refractivity contribution in [3.8, 4) is 0 Å². The standard InChI is InChI=1S/C10H20O2/c1-6-8(9(11)12-5)10(3,4)7-2/h8H,6-7H2,1-5H3. The zero-order valence-corrected chi connectivity index (χ0v) is 8.81. The smallest absolute Gasteiger partial charge is 0.309 e. The fourth-order valence-electron chi connectivity index (χ4n) is 1.43. The molecule has 0 fully saturated rings. The van der Waals surface area contributed by atoms with Gasteiger partial charge in [-0.25, -0.2) is 0 Å². The number of methoxy groups -OCH3 is 1. The number of carbonyl (C=O) groups excluding carboxylic acids is 1. The maximum Gasteiger partial charge on any atom is 0.309 e. The first-order valence-corrected chi connectivity index (χ1v) is 4.57. The molecule has 0 aromatic heterocycles. The molecule has 0 aromatic rings. The van der Waals surface area contributed by atoms with Crippen molar-refractivity contribution < 1.29 is 9.53 Å². The van der Waals surface area contributed by atoms with E-state index in [1.54, 1.807) is 0 Å². The second-order valence-electron chi connectivity index (χ2n) is 3.83. The Morgan fingerprint density at radius 2 is 1.92 bits per heavy atom. The quantitative estimate of drug-likeness (QED) is 0.609. The van der Waals surface area contributed by atoms with Gasteiger partial charge in [0.2, 0.25) is 0 Å². The molecule has 72 valence electrons. The van der Waals surface area contributed by atoms with Crippen molar-refractivity contribution in [2.75, 3.05) is 7.11 Å². The van der Waals surface area contributed by atoms with E-state index in [0.717, 1.165) is 12.8 Å². The van der Waals surface area contributed by atoms with Crippen molar-refractivity contribution >= 4 is 5.97 Å². The molecule has 0 aromatic carbocycles. The van der Waals surface area contributed by atoms with Crippen LogP contribution in [0.4, 0.5) is 0 Å². The lowest BCUT2D eigenvalue weighted by Gasteiger charge is -2.30. The lowest BCUT2D eigenvalue weighted by atomic mass is 9.75. The van der Waals surface area contributed by atoms with Crippen LogP contribution < -0.4 is 0 Å². The summed E-state index contributed by atoms with van der Waals surface area (Å²) in [7, 11) is 1.46. The molecular weight excluding hydrogens is 152 g/mol. The minimum atomic E-state index is -0.0793. The Labute approximate surface area is 75.3 Å². The summed E-state index contributed by atoms with van der Waals surface area (Å²) in [5.74, 6) is -0.0446. The van der Waals surface area contributed by atoms with Gasteiger partial charge in [-0.1, -0.05) is 34.1 Å². The largest absolute Gasteiger partial charge is 0.469 e. The SMILES string of the molecule is CCC(C(=O)OC)C(C)(C)CC. The van der Waals surface area contributed by atoms with E-state index in [0.29, 0.717) is 0 Å². The van der Waals surface area contributed by atoms with Gasteiger partial charge in [0, 0.05) is 0 Å². The summed E-state index contributed by atoms with van der Waals surface area (Å²) >= 11 is 0. The van der Waals surface area contributed by atoms with Crippen LogP contribution in [0.15, 0.2) is 0 Å². The second kappa shape index (κ2) is 4.48. The highest BCUT2D eigenvalue weighted by Gasteiger charge is 2.32. The first-order valence-electron chi connectivity index (χ1n) is 4.57. The van der Waals surface area contributed by atoms with Gasteiger partial charge in [0.25, 0.3) is 0 Å². The minimum absolute atomic E-state index is 0.0347. The van der Waals surface area contributed by atoms with Gasteiger partial charge < -0.3 is 4.74 Å². The van der Waals surface area contributed by atoms with Crippen LogP contribution in [0.25, 0.3) is 0 Å². The predicted molar refractivity (Wildman–Crippen MR) is 49.9 cm³/mol. The van der Waals surface area contributed by atoms with Gasteiger partial charge in [-0.2, -0.15) is 0 Å². The summed E-state index contributed by atoms with van der Waals surface area (Å²) in [6.45, 7) is 8.35. The van der Waals surface area contributed by atoms with Crippen LogP contribution in [-0.2, 0) is 9.53 Å². The fraction of sp³-hybridized carbons (Fsp3) is 0.900. The topological polar surface area (TPSA) is 26.3 Å². The molecule has 1 atom stereocenters. The minimum Gasteiger partial charge on any atom is -0.469 e. The second-order valence-corrected chi connectivity index (χ2v) is 3.83. The van der Waals surface area contributed by atoms with Crippen molar-refractivity contribution in [3.05, 3.63) is 0 Å². The van der Waals surface area contributed by atoms with Gasteiger partial charge in [-0.3, -0.25) is 4.79 Å². The van der Waals surface area contributed by atoms with E-state index in [2.05, 4.69) is 20.8 Å². The molecule has 0 radical (unpaired) electrons. The molecule has 0 bridgehead atoms. The van der Waals surface area contributed by atoms with Crippen LogP contribution in [0.3, 0.4) is 0 Å². The Balaban J connectivity index is 4.43. The van der Waals surface area contributed by atoms with E-state index in [9.17, 15) is 4.79 Å². The first kappa shape index (κ1) is 11.5. The van der Waals surface area contributed by atoms with Gasteiger partial charge in [-0.15, -0.1) is 0 Å². The monoisotopic (exact) mass is 172 g/mol. The number of hydrogen-bond donors (Lipinski definition) is 0. The normalized spacial score (nSPS) is 14.1. The van der Waals surface area contributed by atoms with Crippen LogP contribution >= 0.6 is 0 Å². The predicted octanol–water partition coefficient (Wildman–Crippen LogP) is 2.62. The Kier molecular flexibility index (Phi) is 4.29. The van der Waals surface area contributed by atoms with E-state index in [1.165, 1.54) is 7.11 Å². The third-order valence-corrected chi connectivity index (χ3v) is 2.75. The van der Waals surface area contributed by atoms with Gasteiger partial charge in [-0.05, 0) is 11.8 Å². The number of hydrogen-bond acceptors (Lipinski definition) is 2.